The summed E-state index contributed by atoms with van der Waals surface area (Å²) < 4.78 is 12.7. The van der Waals surface area contributed by atoms with E-state index in [0.717, 1.165) is 49.7 Å². The van der Waals surface area contributed by atoms with Gasteiger partial charge in [0.25, 0.3) is 0 Å². The van der Waals surface area contributed by atoms with E-state index in [1.807, 2.05) is 12.1 Å². The molecule has 0 radical (unpaired) electrons. The number of furan rings is 1. The third kappa shape index (κ3) is 3.17. The van der Waals surface area contributed by atoms with Crippen molar-refractivity contribution in [2.24, 2.45) is 0 Å². The normalized spacial score (nSPS) is 16.8. The molecule has 1 aliphatic heterocycles. The first-order valence-corrected chi connectivity index (χ1v) is 10.4. The molecule has 0 amide bonds. The molecule has 0 saturated heterocycles. The summed E-state index contributed by atoms with van der Waals surface area (Å²) in [6.07, 6.45) is 3.52. The van der Waals surface area contributed by atoms with E-state index in [1.54, 1.807) is 30.9 Å². The molecule has 5 rings (SSSR count). The van der Waals surface area contributed by atoms with E-state index in [1.165, 1.54) is 5.56 Å². The summed E-state index contributed by atoms with van der Waals surface area (Å²) in [4.78, 5) is 14.8. The Kier molecular flexibility index (Phi) is 4.31. The molecule has 0 aliphatic carbocycles. The van der Waals surface area contributed by atoms with Crippen LogP contribution in [0.4, 0.5) is 5.82 Å². The van der Waals surface area contributed by atoms with Crippen molar-refractivity contribution in [3.63, 3.8) is 0 Å². The van der Waals surface area contributed by atoms with Crippen molar-refractivity contribution in [3.8, 4) is 11.5 Å². The van der Waals surface area contributed by atoms with Crippen molar-refractivity contribution in [1.29, 1.82) is 0 Å². The van der Waals surface area contributed by atoms with Gasteiger partial charge in [-0.3, -0.25) is 0 Å². The number of nitrogens with zero attached hydrogens (tertiary/aromatic N) is 3. The standard InChI is InChI=1S/C21H22N4O3S/c1-11(26)8-22-19-18-17(23-10-24-19)15-12-7-21(2,3)28-9-13(12)16(25-20(15)29-18)14-5-4-6-27-14/h4-6,10-11,26H,7-9H2,1-3H3,(H,22,23,24)/t11-/m1/s1. The zero-order chi connectivity index (χ0) is 20.2. The van der Waals surface area contributed by atoms with Gasteiger partial charge in [-0.25, -0.2) is 15.0 Å². The highest BCUT2D eigenvalue weighted by atomic mass is 32.1. The minimum absolute atomic E-state index is 0.267. The van der Waals surface area contributed by atoms with Gasteiger partial charge in [-0.05, 0) is 38.5 Å². The number of hydrogen-bond donors (Lipinski definition) is 2. The molecule has 1 atom stereocenters. The van der Waals surface area contributed by atoms with E-state index in [2.05, 4.69) is 29.1 Å². The molecule has 1 aliphatic rings. The summed E-state index contributed by atoms with van der Waals surface area (Å²) in [6.45, 7) is 6.86. The Labute approximate surface area is 171 Å². The first-order valence-electron chi connectivity index (χ1n) is 9.62. The maximum Gasteiger partial charge on any atom is 0.152 e. The van der Waals surface area contributed by atoms with E-state index in [0.29, 0.717) is 13.2 Å². The van der Waals surface area contributed by atoms with Crippen LogP contribution in [0.15, 0.2) is 29.1 Å². The molecule has 0 spiro atoms. The minimum Gasteiger partial charge on any atom is -0.463 e. The number of aliphatic hydroxyl groups is 1. The van der Waals surface area contributed by atoms with Gasteiger partial charge in [0.15, 0.2) is 5.76 Å². The SMILES string of the molecule is C[C@@H](O)CNc1ncnc2c1sc1nc(-c3ccco3)c3c(c12)CC(C)(C)OC3. The predicted octanol–water partition coefficient (Wildman–Crippen LogP) is 4.14. The van der Waals surface area contributed by atoms with Crippen LogP contribution in [0.2, 0.25) is 0 Å². The molecule has 29 heavy (non-hydrogen) atoms. The molecule has 150 valence electrons. The number of fused-ring (bicyclic) bond motifs is 5. The largest absolute Gasteiger partial charge is 0.463 e. The van der Waals surface area contributed by atoms with Crippen LogP contribution < -0.4 is 5.32 Å². The Bertz CT molecular complexity index is 1200. The molecule has 8 heteroatoms. The molecule has 4 aromatic heterocycles. The smallest absolute Gasteiger partial charge is 0.152 e. The first-order chi connectivity index (χ1) is 13.9. The second kappa shape index (κ2) is 6.76. The van der Waals surface area contributed by atoms with Crippen molar-refractivity contribution in [2.75, 3.05) is 11.9 Å². The van der Waals surface area contributed by atoms with Crippen LogP contribution in [0.1, 0.15) is 31.9 Å². The lowest BCUT2D eigenvalue weighted by Gasteiger charge is -2.32. The Balaban J connectivity index is 1.79. The van der Waals surface area contributed by atoms with Gasteiger partial charge in [0, 0.05) is 23.9 Å². The lowest BCUT2D eigenvalue weighted by Crippen LogP contribution is -2.32. The van der Waals surface area contributed by atoms with Crippen LogP contribution in [0.25, 0.3) is 31.9 Å². The molecule has 0 fully saturated rings. The highest BCUT2D eigenvalue weighted by molar-refractivity contribution is 7.26. The van der Waals surface area contributed by atoms with Gasteiger partial charge in [0.1, 0.15) is 22.7 Å². The maximum absolute atomic E-state index is 9.64. The predicted molar refractivity (Wildman–Crippen MR) is 113 cm³/mol. The average Bonchev–Trinajstić information content (AvgIpc) is 3.32. The van der Waals surface area contributed by atoms with Gasteiger partial charge in [-0.1, -0.05) is 0 Å². The number of aliphatic hydroxyl groups excluding tert-OH is 1. The van der Waals surface area contributed by atoms with E-state index >= 15 is 0 Å². The van der Waals surface area contributed by atoms with Crippen molar-refractivity contribution in [3.05, 3.63) is 35.9 Å². The number of hydrogen-bond acceptors (Lipinski definition) is 8. The van der Waals surface area contributed by atoms with Crippen LogP contribution in [0.5, 0.6) is 0 Å². The van der Waals surface area contributed by atoms with E-state index in [4.69, 9.17) is 14.1 Å². The zero-order valence-electron chi connectivity index (χ0n) is 16.5. The summed E-state index contributed by atoms with van der Waals surface area (Å²) in [5, 5.41) is 13.9. The van der Waals surface area contributed by atoms with Gasteiger partial charge in [0.2, 0.25) is 0 Å². The summed E-state index contributed by atoms with van der Waals surface area (Å²) in [5.41, 5.74) is 3.72. The molecule has 4 aromatic rings. The van der Waals surface area contributed by atoms with Crippen LogP contribution in [-0.2, 0) is 17.8 Å². The molecule has 5 heterocycles. The third-order valence-electron chi connectivity index (χ3n) is 5.15. The van der Waals surface area contributed by atoms with E-state index in [9.17, 15) is 5.11 Å². The fourth-order valence-corrected chi connectivity index (χ4v) is 4.92. The molecular formula is C21H22N4O3S. The van der Waals surface area contributed by atoms with Crippen molar-refractivity contribution < 1.29 is 14.3 Å². The first kappa shape index (κ1) is 18.5. The number of ether oxygens (including phenoxy) is 1. The van der Waals surface area contributed by atoms with Gasteiger partial charge < -0.3 is 19.6 Å². The van der Waals surface area contributed by atoms with Gasteiger partial charge in [-0.15, -0.1) is 11.3 Å². The van der Waals surface area contributed by atoms with Crippen LogP contribution in [0.3, 0.4) is 0 Å². The molecule has 0 unspecified atom stereocenters. The Morgan fingerprint density at radius 2 is 2.17 bits per heavy atom. The van der Waals surface area contributed by atoms with Crippen molar-refractivity contribution in [2.45, 2.75) is 45.5 Å². The second-order valence-corrected chi connectivity index (χ2v) is 9.03. The Morgan fingerprint density at radius 1 is 1.31 bits per heavy atom. The summed E-state index contributed by atoms with van der Waals surface area (Å²) in [7, 11) is 0. The number of aromatic nitrogens is 3. The lowest BCUT2D eigenvalue weighted by atomic mass is 9.89. The number of anilines is 1. The quantitative estimate of drug-likeness (QED) is 0.522. The summed E-state index contributed by atoms with van der Waals surface area (Å²) in [6, 6.07) is 3.80. The van der Waals surface area contributed by atoms with Gasteiger partial charge in [-0.2, -0.15) is 0 Å². The molecule has 7 nitrogen and oxygen atoms in total. The fourth-order valence-electron chi connectivity index (χ4n) is 3.79. The van der Waals surface area contributed by atoms with E-state index in [-0.39, 0.29) is 5.60 Å². The highest BCUT2D eigenvalue weighted by Gasteiger charge is 2.32. The van der Waals surface area contributed by atoms with Crippen LogP contribution >= 0.6 is 11.3 Å². The topological polar surface area (TPSA) is 93.3 Å². The fraction of sp³-hybridized carbons (Fsp3) is 0.381. The summed E-state index contributed by atoms with van der Waals surface area (Å²) in [5.74, 6) is 1.46. The van der Waals surface area contributed by atoms with Gasteiger partial charge in [0.05, 0.1) is 34.8 Å². The second-order valence-electron chi connectivity index (χ2n) is 8.03. The molecule has 0 aromatic carbocycles. The number of rotatable bonds is 4. The Morgan fingerprint density at radius 3 is 2.93 bits per heavy atom. The van der Waals surface area contributed by atoms with Crippen molar-refractivity contribution >= 4 is 37.6 Å². The Hall–Kier alpha value is -2.55. The van der Waals surface area contributed by atoms with Crippen LogP contribution in [-0.4, -0.2) is 38.3 Å². The summed E-state index contributed by atoms with van der Waals surface area (Å²) >= 11 is 1.56. The van der Waals surface area contributed by atoms with Crippen LogP contribution in [0, 0.1) is 0 Å². The number of pyridine rings is 1. The molecule has 2 N–H and O–H groups in total. The zero-order valence-corrected chi connectivity index (χ0v) is 17.3. The highest BCUT2D eigenvalue weighted by Crippen LogP contribution is 2.44. The minimum atomic E-state index is -0.469. The maximum atomic E-state index is 9.64. The molecule has 0 saturated carbocycles. The van der Waals surface area contributed by atoms with Crippen molar-refractivity contribution in [1.82, 2.24) is 15.0 Å². The average molecular weight is 410 g/mol. The lowest BCUT2D eigenvalue weighted by molar-refractivity contribution is -0.0395. The monoisotopic (exact) mass is 410 g/mol. The van der Waals surface area contributed by atoms with E-state index < -0.39 is 6.10 Å². The third-order valence-corrected chi connectivity index (χ3v) is 6.23. The molecule has 0 bridgehead atoms. The molecular weight excluding hydrogens is 388 g/mol. The van der Waals surface area contributed by atoms with Gasteiger partial charge >= 0.3 is 0 Å². The number of nitrogens with one attached hydrogen (secondary N) is 1. The number of thiophene rings is 1.